The van der Waals surface area contributed by atoms with E-state index in [1.165, 1.54) is 24.4 Å². The summed E-state index contributed by atoms with van der Waals surface area (Å²) in [5, 5.41) is 20.8. The lowest BCUT2D eigenvalue weighted by atomic mass is 10.1. The van der Waals surface area contributed by atoms with Crippen molar-refractivity contribution in [2.45, 2.75) is 32.4 Å². The van der Waals surface area contributed by atoms with Crippen LogP contribution in [0.4, 0.5) is 5.82 Å². The predicted octanol–water partition coefficient (Wildman–Crippen LogP) is 3.88. The van der Waals surface area contributed by atoms with Crippen LogP contribution in [0.2, 0.25) is 10.0 Å². The molecule has 0 spiro atoms. The maximum atomic E-state index is 13.3. The average Bonchev–Trinajstić information content (AvgIpc) is 3.59. The van der Waals surface area contributed by atoms with Gasteiger partial charge in [0.25, 0.3) is 5.91 Å². The Hall–Kier alpha value is -4.20. The molecule has 0 radical (unpaired) electrons. The van der Waals surface area contributed by atoms with Crippen LogP contribution in [-0.2, 0) is 13.2 Å². The monoisotopic (exact) mass is 599 g/mol. The molecule has 1 fully saturated rings. The van der Waals surface area contributed by atoms with Crippen molar-refractivity contribution in [3.05, 3.63) is 69.0 Å². The van der Waals surface area contributed by atoms with E-state index in [2.05, 4.69) is 36.1 Å². The Morgan fingerprint density at radius 1 is 1.15 bits per heavy atom. The van der Waals surface area contributed by atoms with Gasteiger partial charge in [0.2, 0.25) is 11.6 Å². The molecule has 41 heavy (non-hydrogen) atoms. The fraction of sp³-hybridized carbons (Fsp3) is 0.308. The van der Waals surface area contributed by atoms with E-state index in [9.17, 15) is 4.79 Å². The van der Waals surface area contributed by atoms with Crippen LogP contribution in [0.1, 0.15) is 46.6 Å². The van der Waals surface area contributed by atoms with Gasteiger partial charge in [0.1, 0.15) is 12.3 Å². The number of halogens is 2. The number of anilines is 1. The second-order valence-electron chi connectivity index (χ2n) is 9.20. The number of methoxy groups -OCH3 is 1. The molecular weight excluding hydrogens is 573 g/mol. The number of benzene rings is 2. The van der Waals surface area contributed by atoms with Gasteiger partial charge >= 0.3 is 0 Å². The molecule has 2 aromatic carbocycles. The Labute approximate surface area is 245 Å². The fourth-order valence-electron chi connectivity index (χ4n) is 4.38. The van der Waals surface area contributed by atoms with Crippen molar-refractivity contribution in [3.63, 3.8) is 0 Å². The summed E-state index contributed by atoms with van der Waals surface area (Å²) < 4.78 is 17.3. The van der Waals surface area contributed by atoms with E-state index < -0.39 is 5.91 Å². The molecule has 1 amide bonds. The van der Waals surface area contributed by atoms with E-state index >= 15 is 0 Å². The van der Waals surface area contributed by atoms with Crippen molar-refractivity contribution in [3.8, 4) is 17.3 Å². The van der Waals surface area contributed by atoms with Crippen LogP contribution < -0.4 is 20.6 Å². The lowest BCUT2D eigenvalue weighted by Gasteiger charge is -2.25. The Morgan fingerprint density at radius 2 is 1.93 bits per heavy atom. The molecule has 13 nitrogen and oxygen atoms in total. The van der Waals surface area contributed by atoms with E-state index in [1.807, 2.05) is 0 Å². The number of likely N-dealkylation sites (tertiary alicyclic amines) is 1. The molecule has 0 aliphatic carbocycles. The molecule has 0 atom stereocenters. The van der Waals surface area contributed by atoms with Gasteiger partial charge in [-0.3, -0.25) is 9.69 Å². The van der Waals surface area contributed by atoms with Crippen molar-refractivity contribution in [1.82, 2.24) is 35.6 Å². The summed E-state index contributed by atoms with van der Waals surface area (Å²) in [5.74, 6) is 0.437. The maximum absolute atomic E-state index is 13.3. The number of nitrogens with one attached hydrogen (secondary N) is 1. The van der Waals surface area contributed by atoms with Gasteiger partial charge in [-0.2, -0.15) is 9.78 Å². The van der Waals surface area contributed by atoms with Crippen LogP contribution in [0.3, 0.4) is 0 Å². The van der Waals surface area contributed by atoms with Gasteiger partial charge in [0.05, 0.1) is 13.3 Å². The van der Waals surface area contributed by atoms with Crippen LogP contribution >= 0.6 is 23.2 Å². The number of nitrogen functional groups attached to an aromatic ring is 1. The zero-order valence-corrected chi connectivity index (χ0v) is 23.6. The van der Waals surface area contributed by atoms with Crippen LogP contribution in [0.25, 0.3) is 5.82 Å². The minimum Gasteiger partial charge on any atom is -0.493 e. The van der Waals surface area contributed by atoms with Crippen molar-refractivity contribution < 1.29 is 18.9 Å². The largest absolute Gasteiger partial charge is 0.493 e. The van der Waals surface area contributed by atoms with Crippen LogP contribution in [-0.4, -0.2) is 62.5 Å². The number of amides is 1. The van der Waals surface area contributed by atoms with Gasteiger partial charge in [-0.25, -0.2) is 10.1 Å². The molecule has 0 saturated carbocycles. The standard InChI is InChI=1S/C26H27Cl2N9O4/c1-39-22-12-16(8-9-21(22)40-15-17-18(27)6-5-7-19(17)28)13-30-32-26(38)23-20(14-36-10-3-2-4-11-36)31-35-37(23)25-24(29)33-41-34-25/h5-9,12-13H,2-4,10-11,14-15H2,1H3,(H2,29,33)(H,32,38)/b30-13-. The predicted molar refractivity (Wildman–Crippen MR) is 152 cm³/mol. The summed E-state index contributed by atoms with van der Waals surface area (Å²) in [6.45, 7) is 2.42. The lowest BCUT2D eigenvalue weighted by Crippen LogP contribution is -2.31. The number of rotatable bonds is 10. The molecule has 5 rings (SSSR count). The van der Waals surface area contributed by atoms with Crippen molar-refractivity contribution >= 4 is 41.1 Å². The topological polar surface area (TPSA) is 159 Å². The Morgan fingerprint density at radius 3 is 2.63 bits per heavy atom. The first-order valence-corrected chi connectivity index (χ1v) is 13.5. The number of piperidine rings is 1. The fourth-order valence-corrected chi connectivity index (χ4v) is 4.89. The highest BCUT2D eigenvalue weighted by molar-refractivity contribution is 6.35. The van der Waals surface area contributed by atoms with Crippen molar-refractivity contribution in [2.75, 3.05) is 25.9 Å². The summed E-state index contributed by atoms with van der Waals surface area (Å²) in [7, 11) is 1.52. The van der Waals surface area contributed by atoms with E-state index in [4.69, 9.17) is 43.0 Å². The zero-order valence-electron chi connectivity index (χ0n) is 22.1. The number of nitrogens with zero attached hydrogens (tertiary/aromatic N) is 7. The first-order chi connectivity index (χ1) is 19.9. The lowest BCUT2D eigenvalue weighted by molar-refractivity contribution is 0.0944. The van der Waals surface area contributed by atoms with E-state index in [0.717, 1.165) is 25.9 Å². The number of carbonyl (C=O) groups is 1. The van der Waals surface area contributed by atoms with Crippen molar-refractivity contribution in [2.24, 2.45) is 5.10 Å². The molecule has 15 heteroatoms. The number of aromatic nitrogens is 5. The number of carbonyl (C=O) groups excluding carboxylic acids is 1. The molecule has 0 bridgehead atoms. The van der Waals surface area contributed by atoms with E-state index in [1.54, 1.807) is 36.4 Å². The zero-order chi connectivity index (χ0) is 28.8. The molecule has 1 aliphatic rings. The van der Waals surface area contributed by atoms with E-state index in [-0.39, 0.29) is 23.9 Å². The van der Waals surface area contributed by atoms with E-state index in [0.29, 0.717) is 44.9 Å². The highest BCUT2D eigenvalue weighted by atomic mass is 35.5. The summed E-state index contributed by atoms with van der Waals surface area (Å²) >= 11 is 12.5. The molecule has 3 N–H and O–H groups in total. The maximum Gasteiger partial charge on any atom is 0.292 e. The first kappa shape index (κ1) is 28.3. The molecule has 1 saturated heterocycles. The molecule has 1 aliphatic heterocycles. The third-order valence-electron chi connectivity index (χ3n) is 6.47. The quantitative estimate of drug-likeness (QED) is 0.202. The molecule has 2 aromatic heterocycles. The molecule has 3 heterocycles. The summed E-state index contributed by atoms with van der Waals surface area (Å²) in [4.78, 5) is 15.5. The second kappa shape index (κ2) is 13.0. The number of hydrazone groups is 1. The third-order valence-corrected chi connectivity index (χ3v) is 7.18. The Bertz CT molecular complexity index is 1530. The average molecular weight is 600 g/mol. The molecule has 214 valence electrons. The number of hydrogen-bond acceptors (Lipinski definition) is 11. The molecule has 4 aromatic rings. The van der Waals surface area contributed by atoms with Crippen LogP contribution in [0.5, 0.6) is 11.5 Å². The van der Waals surface area contributed by atoms with Gasteiger partial charge in [-0.15, -0.1) is 5.10 Å². The second-order valence-corrected chi connectivity index (χ2v) is 10.0. The number of ether oxygens (including phenoxy) is 2. The number of hydrogen-bond donors (Lipinski definition) is 2. The SMILES string of the molecule is COc1cc(/C=N\NC(=O)c2c(CN3CCCCC3)nnn2-c2nonc2N)ccc1OCc1c(Cl)cccc1Cl. The van der Waals surface area contributed by atoms with Gasteiger partial charge in [0.15, 0.2) is 17.2 Å². The summed E-state index contributed by atoms with van der Waals surface area (Å²) in [6, 6.07) is 10.5. The van der Waals surface area contributed by atoms with Crippen molar-refractivity contribution in [1.29, 1.82) is 0 Å². The molecular formula is C26H27Cl2N9O4. The number of nitrogens with two attached hydrogens (primary N) is 1. The normalized spacial score (nSPS) is 13.9. The van der Waals surface area contributed by atoms with Gasteiger partial charge in [-0.05, 0) is 72.1 Å². The third kappa shape index (κ3) is 6.59. The first-order valence-electron chi connectivity index (χ1n) is 12.8. The summed E-state index contributed by atoms with van der Waals surface area (Å²) in [5.41, 5.74) is 10.3. The minimum absolute atomic E-state index is 0.0248. The minimum atomic E-state index is -0.552. The van der Waals surface area contributed by atoms with Gasteiger partial charge in [0, 0.05) is 22.2 Å². The Balaban J connectivity index is 1.30. The molecule has 0 unspecified atom stereocenters. The van der Waals surface area contributed by atoms with Gasteiger partial charge in [-0.1, -0.05) is 40.9 Å². The highest BCUT2D eigenvalue weighted by Gasteiger charge is 2.26. The Kier molecular flexibility index (Phi) is 8.97. The van der Waals surface area contributed by atoms with Gasteiger partial charge < -0.3 is 15.2 Å². The van der Waals surface area contributed by atoms with Crippen LogP contribution in [0.15, 0.2) is 46.1 Å². The van der Waals surface area contributed by atoms with Crippen LogP contribution in [0, 0.1) is 0 Å². The summed E-state index contributed by atoms with van der Waals surface area (Å²) in [6.07, 6.45) is 4.82. The highest BCUT2D eigenvalue weighted by Crippen LogP contribution is 2.31. The smallest absolute Gasteiger partial charge is 0.292 e.